The number of hydrogen-bond acceptors (Lipinski definition) is 3. The summed E-state index contributed by atoms with van der Waals surface area (Å²) in [5, 5.41) is 6.39. The van der Waals surface area contributed by atoms with Crippen LogP contribution in [0.3, 0.4) is 0 Å². The maximum atomic E-state index is 12.3. The predicted octanol–water partition coefficient (Wildman–Crippen LogP) is 2.70. The molecule has 2 aliphatic rings. The highest BCUT2D eigenvalue weighted by Crippen LogP contribution is 2.30. The molecule has 4 nitrogen and oxygen atoms in total. The smallest absolute Gasteiger partial charge is 0.223 e. The highest BCUT2D eigenvalue weighted by atomic mass is 16.5. The largest absolute Gasteiger partial charge is 0.488 e. The summed E-state index contributed by atoms with van der Waals surface area (Å²) in [6.45, 7) is 2.47. The van der Waals surface area contributed by atoms with Crippen LogP contribution in [0.2, 0.25) is 0 Å². The predicted molar refractivity (Wildman–Crippen MR) is 102 cm³/mol. The summed E-state index contributed by atoms with van der Waals surface area (Å²) in [4.78, 5) is 12.3. The van der Waals surface area contributed by atoms with Gasteiger partial charge in [0.15, 0.2) is 0 Å². The lowest BCUT2D eigenvalue weighted by atomic mass is 9.97. The minimum Gasteiger partial charge on any atom is -0.488 e. The number of carbonyl (C=O) groups excluding carboxylic acids is 1. The van der Waals surface area contributed by atoms with Crippen LogP contribution in [0.4, 0.5) is 0 Å². The zero-order valence-corrected chi connectivity index (χ0v) is 15.0. The second-order valence-electron chi connectivity index (χ2n) is 7.32. The number of hydrogen-bond donors (Lipinski definition) is 2. The van der Waals surface area contributed by atoms with Gasteiger partial charge in [0.05, 0.1) is 6.54 Å². The lowest BCUT2D eigenvalue weighted by molar-refractivity contribution is -0.126. The quantitative estimate of drug-likeness (QED) is 0.872. The molecule has 2 aromatic rings. The Hall–Kier alpha value is -2.33. The third-order valence-corrected chi connectivity index (χ3v) is 5.33. The minimum atomic E-state index is 0.0441. The molecule has 1 unspecified atom stereocenters. The second-order valence-corrected chi connectivity index (χ2v) is 7.32. The summed E-state index contributed by atoms with van der Waals surface area (Å²) >= 11 is 0. The van der Waals surface area contributed by atoms with Crippen LogP contribution in [-0.2, 0) is 17.6 Å². The van der Waals surface area contributed by atoms with Crippen LogP contribution in [0.1, 0.15) is 29.5 Å². The first-order valence-corrected chi connectivity index (χ1v) is 9.59. The van der Waals surface area contributed by atoms with Crippen LogP contribution in [0.25, 0.3) is 0 Å². The molecule has 136 valence electrons. The van der Waals surface area contributed by atoms with E-state index in [4.69, 9.17) is 4.74 Å². The molecule has 1 amide bonds. The molecule has 4 heteroatoms. The molecular weight excluding hydrogens is 324 g/mol. The van der Waals surface area contributed by atoms with E-state index in [2.05, 4.69) is 53.1 Å². The van der Waals surface area contributed by atoms with Crippen molar-refractivity contribution in [3.05, 3.63) is 65.2 Å². The number of amides is 1. The summed E-state index contributed by atoms with van der Waals surface area (Å²) in [5.74, 6) is 1.29. The molecule has 2 N–H and O–H groups in total. The molecule has 26 heavy (non-hydrogen) atoms. The number of carbonyl (C=O) groups is 1. The lowest BCUT2D eigenvalue weighted by Crippen LogP contribution is -2.41. The van der Waals surface area contributed by atoms with Crippen LogP contribution in [0.15, 0.2) is 48.5 Å². The van der Waals surface area contributed by atoms with Crippen LogP contribution >= 0.6 is 0 Å². The number of rotatable bonds is 5. The van der Waals surface area contributed by atoms with E-state index in [0.29, 0.717) is 6.54 Å². The normalized spacial score (nSPS) is 19.6. The van der Waals surface area contributed by atoms with Gasteiger partial charge < -0.3 is 15.4 Å². The summed E-state index contributed by atoms with van der Waals surface area (Å²) < 4.78 is 6.02. The Balaban J connectivity index is 1.31. The van der Waals surface area contributed by atoms with Gasteiger partial charge in [-0.1, -0.05) is 42.5 Å². The molecular formula is C22H26N2O2. The van der Waals surface area contributed by atoms with Crippen LogP contribution in [-0.4, -0.2) is 31.6 Å². The number of benzene rings is 2. The molecule has 2 aliphatic heterocycles. The van der Waals surface area contributed by atoms with Crippen molar-refractivity contribution in [1.29, 1.82) is 0 Å². The standard InChI is InChI=1S/C22H26N2O2/c25-22(18-8-10-23-11-9-18)24-15-20-14-19-13-17(6-7-21(19)26-20)12-16-4-2-1-3-5-16/h1-7,13,18,20,23H,8-12,14-15H2,(H,24,25). The molecule has 0 spiro atoms. The number of ether oxygens (including phenoxy) is 1. The van der Waals surface area contributed by atoms with Gasteiger partial charge in [0, 0.05) is 12.3 Å². The molecule has 2 heterocycles. The van der Waals surface area contributed by atoms with Crippen molar-refractivity contribution >= 4 is 5.91 Å². The van der Waals surface area contributed by atoms with E-state index >= 15 is 0 Å². The highest BCUT2D eigenvalue weighted by Gasteiger charge is 2.26. The zero-order valence-electron chi connectivity index (χ0n) is 15.0. The van der Waals surface area contributed by atoms with Gasteiger partial charge in [-0.25, -0.2) is 0 Å². The first kappa shape index (κ1) is 17.1. The Labute approximate surface area is 155 Å². The number of fused-ring (bicyclic) bond motifs is 1. The lowest BCUT2D eigenvalue weighted by Gasteiger charge is -2.22. The highest BCUT2D eigenvalue weighted by molar-refractivity contribution is 5.78. The third-order valence-electron chi connectivity index (χ3n) is 5.33. The maximum Gasteiger partial charge on any atom is 0.223 e. The Morgan fingerprint density at radius 1 is 1.08 bits per heavy atom. The first-order chi connectivity index (χ1) is 12.8. The molecule has 0 radical (unpaired) electrons. The zero-order chi connectivity index (χ0) is 17.8. The SMILES string of the molecule is O=C(NCC1Cc2cc(Cc3ccccc3)ccc2O1)C1CCNCC1. The molecule has 2 aromatic carbocycles. The summed E-state index contributed by atoms with van der Waals surface area (Å²) in [6.07, 6.45) is 3.71. The molecule has 4 rings (SSSR count). The fraction of sp³-hybridized carbons (Fsp3) is 0.409. The number of nitrogens with one attached hydrogen (secondary N) is 2. The van der Waals surface area contributed by atoms with E-state index in [1.54, 1.807) is 0 Å². The van der Waals surface area contributed by atoms with E-state index in [1.165, 1.54) is 16.7 Å². The van der Waals surface area contributed by atoms with E-state index in [-0.39, 0.29) is 17.9 Å². The monoisotopic (exact) mass is 350 g/mol. The van der Waals surface area contributed by atoms with Crippen molar-refractivity contribution in [2.75, 3.05) is 19.6 Å². The van der Waals surface area contributed by atoms with Gasteiger partial charge in [0.25, 0.3) is 0 Å². The van der Waals surface area contributed by atoms with Crippen LogP contribution < -0.4 is 15.4 Å². The maximum absolute atomic E-state index is 12.3. The Morgan fingerprint density at radius 3 is 2.69 bits per heavy atom. The Bertz CT molecular complexity index is 754. The summed E-state index contributed by atoms with van der Waals surface area (Å²) in [6, 6.07) is 17.0. The van der Waals surface area contributed by atoms with Gasteiger partial charge in [-0.05, 0) is 55.1 Å². The fourth-order valence-electron chi connectivity index (χ4n) is 3.87. The minimum absolute atomic E-state index is 0.0441. The molecule has 1 saturated heterocycles. The molecule has 1 atom stereocenters. The van der Waals surface area contributed by atoms with Crippen molar-refractivity contribution in [2.45, 2.75) is 31.8 Å². The van der Waals surface area contributed by atoms with Crippen molar-refractivity contribution in [1.82, 2.24) is 10.6 Å². The Kier molecular flexibility index (Phi) is 5.21. The van der Waals surface area contributed by atoms with Crippen molar-refractivity contribution < 1.29 is 9.53 Å². The van der Waals surface area contributed by atoms with Crippen LogP contribution in [0.5, 0.6) is 5.75 Å². The molecule has 0 bridgehead atoms. The van der Waals surface area contributed by atoms with E-state index in [0.717, 1.165) is 44.5 Å². The van der Waals surface area contributed by atoms with Gasteiger partial charge in [-0.15, -0.1) is 0 Å². The van der Waals surface area contributed by atoms with E-state index < -0.39 is 0 Å². The fourth-order valence-corrected chi connectivity index (χ4v) is 3.87. The Morgan fingerprint density at radius 2 is 1.88 bits per heavy atom. The molecule has 0 aromatic heterocycles. The number of piperidine rings is 1. The van der Waals surface area contributed by atoms with Gasteiger partial charge in [-0.2, -0.15) is 0 Å². The summed E-state index contributed by atoms with van der Waals surface area (Å²) in [7, 11) is 0. The average molecular weight is 350 g/mol. The molecule has 0 aliphatic carbocycles. The van der Waals surface area contributed by atoms with Crippen molar-refractivity contribution in [3.63, 3.8) is 0 Å². The molecule has 1 fully saturated rings. The van der Waals surface area contributed by atoms with Gasteiger partial charge >= 0.3 is 0 Å². The third kappa shape index (κ3) is 4.07. The van der Waals surface area contributed by atoms with Crippen molar-refractivity contribution in [2.24, 2.45) is 5.92 Å². The van der Waals surface area contributed by atoms with Crippen LogP contribution in [0, 0.1) is 5.92 Å². The first-order valence-electron chi connectivity index (χ1n) is 9.59. The van der Waals surface area contributed by atoms with Crippen molar-refractivity contribution in [3.8, 4) is 5.75 Å². The van der Waals surface area contributed by atoms with Gasteiger partial charge in [0.2, 0.25) is 5.91 Å². The second kappa shape index (κ2) is 7.92. The van der Waals surface area contributed by atoms with Gasteiger partial charge in [0.1, 0.15) is 11.9 Å². The van der Waals surface area contributed by atoms with E-state index in [1.807, 2.05) is 6.07 Å². The average Bonchev–Trinajstić information content (AvgIpc) is 3.10. The molecule has 0 saturated carbocycles. The summed E-state index contributed by atoms with van der Waals surface area (Å²) in [5.41, 5.74) is 3.87. The topological polar surface area (TPSA) is 50.4 Å². The van der Waals surface area contributed by atoms with Gasteiger partial charge in [-0.3, -0.25) is 4.79 Å². The van der Waals surface area contributed by atoms with E-state index in [9.17, 15) is 4.79 Å².